The van der Waals surface area contributed by atoms with E-state index in [1.807, 2.05) is 0 Å². The van der Waals surface area contributed by atoms with Crippen LogP contribution in [0.4, 0.5) is 0 Å². The van der Waals surface area contributed by atoms with Crippen LogP contribution in [0.1, 0.15) is 0 Å². The zero-order valence-corrected chi connectivity index (χ0v) is 5.06. The second kappa shape index (κ2) is 3.13. The van der Waals surface area contributed by atoms with Crippen molar-refractivity contribution in [3.8, 4) is 0 Å². The molecule has 0 aromatic carbocycles. The Balaban J connectivity index is 3.32. The predicted molar refractivity (Wildman–Crippen MR) is 24.7 cm³/mol. The molecular weight excluding hydrogens is 138 g/mol. The van der Waals surface area contributed by atoms with Crippen LogP contribution >= 0.6 is 16.4 Å². The summed E-state index contributed by atoms with van der Waals surface area (Å²) in [7, 11) is -4.60. The summed E-state index contributed by atoms with van der Waals surface area (Å²) < 4.78 is 23.2. The largest absolute Gasteiger partial charge is 0.661 e. The van der Waals surface area contributed by atoms with E-state index in [1.54, 1.807) is 0 Å². The van der Waals surface area contributed by atoms with E-state index in [0.717, 1.165) is 0 Å². The van der Waals surface area contributed by atoms with Crippen LogP contribution in [0.15, 0.2) is 0 Å². The number of rotatable bonds is 2. The van der Waals surface area contributed by atoms with Gasteiger partial charge in [0.2, 0.25) is 0 Å². The summed E-state index contributed by atoms with van der Waals surface area (Å²) in [6, 6.07) is 0. The SMILES string of the molecule is N[P+](=O)O[P+](N)=O. The van der Waals surface area contributed by atoms with Gasteiger partial charge in [-0.3, -0.25) is 0 Å². The third-order valence-electron chi connectivity index (χ3n) is 0.161. The van der Waals surface area contributed by atoms with Crippen molar-refractivity contribution in [2.45, 2.75) is 0 Å². The molecule has 0 aromatic rings. The summed E-state index contributed by atoms with van der Waals surface area (Å²) in [6.45, 7) is 0. The second-order valence-corrected chi connectivity index (χ2v) is 2.45. The van der Waals surface area contributed by atoms with Gasteiger partial charge in [-0.15, -0.1) is 0 Å². The maximum Gasteiger partial charge on any atom is 0.661 e. The van der Waals surface area contributed by atoms with Crippen molar-refractivity contribution < 1.29 is 13.4 Å². The fourth-order valence-electron chi connectivity index (χ4n) is 0.0793. The van der Waals surface area contributed by atoms with Crippen LogP contribution in [0.2, 0.25) is 0 Å². The Morgan fingerprint density at radius 2 is 1.43 bits per heavy atom. The maximum atomic E-state index is 9.69. The fourth-order valence-corrected chi connectivity index (χ4v) is 0.714. The molecule has 0 radical (unpaired) electrons. The van der Waals surface area contributed by atoms with Crippen molar-refractivity contribution in [3.05, 3.63) is 0 Å². The van der Waals surface area contributed by atoms with Crippen LogP contribution in [0.3, 0.4) is 0 Å². The summed E-state index contributed by atoms with van der Waals surface area (Å²) in [5.41, 5.74) is 9.03. The molecule has 0 aliphatic carbocycles. The second-order valence-electron chi connectivity index (χ2n) is 0.652. The van der Waals surface area contributed by atoms with Gasteiger partial charge in [0.15, 0.2) is 4.31 Å². The van der Waals surface area contributed by atoms with Crippen LogP contribution in [0, 0.1) is 0 Å². The summed E-state index contributed by atoms with van der Waals surface area (Å²) in [5.74, 6) is 0. The molecule has 0 spiro atoms. The Morgan fingerprint density at radius 1 is 1.14 bits per heavy atom. The number of nitrogens with two attached hydrogens (primary N) is 2. The average molecular weight is 142 g/mol. The van der Waals surface area contributed by atoms with E-state index in [9.17, 15) is 9.13 Å². The summed E-state index contributed by atoms with van der Waals surface area (Å²) in [4.78, 5) is 0. The van der Waals surface area contributed by atoms with Crippen LogP contribution in [0.25, 0.3) is 0 Å². The van der Waals surface area contributed by atoms with Crippen molar-refractivity contribution in [1.29, 1.82) is 0 Å². The molecule has 2 unspecified atom stereocenters. The third kappa shape index (κ3) is 6.08. The Morgan fingerprint density at radius 3 is 1.43 bits per heavy atom. The van der Waals surface area contributed by atoms with Crippen molar-refractivity contribution in [3.63, 3.8) is 0 Å². The first kappa shape index (κ1) is 7.08. The van der Waals surface area contributed by atoms with Crippen LogP contribution in [-0.4, -0.2) is 0 Å². The van der Waals surface area contributed by atoms with Gasteiger partial charge in [-0.25, -0.2) is 0 Å². The zero-order chi connectivity index (χ0) is 5.86. The van der Waals surface area contributed by atoms with Crippen molar-refractivity contribution in [2.75, 3.05) is 0 Å². The highest BCUT2D eigenvalue weighted by molar-refractivity contribution is 7.50. The van der Waals surface area contributed by atoms with Gasteiger partial charge < -0.3 is 0 Å². The topological polar surface area (TPSA) is 95.4 Å². The molecule has 0 saturated heterocycles. The Bertz CT molecular complexity index is 87.1. The van der Waals surface area contributed by atoms with Gasteiger partial charge >= 0.3 is 16.4 Å². The summed E-state index contributed by atoms with van der Waals surface area (Å²) in [5, 5.41) is 0. The zero-order valence-electron chi connectivity index (χ0n) is 3.27. The lowest BCUT2D eigenvalue weighted by atomic mass is 13.9. The molecule has 0 aliphatic rings. The molecule has 7 heteroatoms. The van der Waals surface area contributed by atoms with Gasteiger partial charge in [-0.2, -0.15) is 0 Å². The van der Waals surface area contributed by atoms with Gasteiger partial charge in [-0.1, -0.05) is 11.0 Å². The standard InChI is InChI=1S/H4N2O3P2/c1-6(3)5-7(2)4/h(H2,1,3)(H2,2,4)/q+2. The molecule has 0 rings (SSSR count). The first-order valence-corrected chi connectivity index (χ1v) is 3.74. The van der Waals surface area contributed by atoms with E-state index in [2.05, 4.69) is 15.3 Å². The lowest BCUT2D eigenvalue weighted by Crippen LogP contribution is -1.82. The molecule has 0 aliphatic heterocycles. The minimum atomic E-state index is -2.30. The maximum absolute atomic E-state index is 9.69. The van der Waals surface area contributed by atoms with Crippen LogP contribution in [0.5, 0.6) is 0 Å². The third-order valence-corrected chi connectivity index (χ3v) is 1.45. The van der Waals surface area contributed by atoms with Gasteiger partial charge in [0.1, 0.15) is 0 Å². The van der Waals surface area contributed by atoms with Crippen molar-refractivity contribution in [2.24, 2.45) is 11.0 Å². The van der Waals surface area contributed by atoms with Crippen molar-refractivity contribution >= 4 is 16.4 Å². The van der Waals surface area contributed by atoms with Gasteiger partial charge in [-0.05, 0) is 9.13 Å². The normalized spacial score (nSPS) is 13.4. The van der Waals surface area contributed by atoms with E-state index in [4.69, 9.17) is 0 Å². The molecule has 7 heavy (non-hydrogen) atoms. The van der Waals surface area contributed by atoms with Gasteiger partial charge in [0.25, 0.3) is 0 Å². The predicted octanol–water partition coefficient (Wildman–Crippen LogP) is 0.235. The first-order valence-electron chi connectivity index (χ1n) is 1.25. The molecule has 4 N–H and O–H groups in total. The lowest BCUT2D eigenvalue weighted by Gasteiger charge is -1.54. The lowest BCUT2D eigenvalue weighted by molar-refractivity contribution is 0.490. The number of hydrogen-bond donors (Lipinski definition) is 2. The van der Waals surface area contributed by atoms with Gasteiger partial charge in [0, 0.05) is 0 Å². The number of hydrogen-bond acceptors (Lipinski definition) is 3. The highest BCUT2D eigenvalue weighted by Gasteiger charge is 2.26. The molecule has 0 bridgehead atoms. The van der Waals surface area contributed by atoms with E-state index in [1.165, 1.54) is 0 Å². The molecule has 0 fully saturated rings. The van der Waals surface area contributed by atoms with E-state index < -0.39 is 16.4 Å². The molecule has 2 atom stereocenters. The van der Waals surface area contributed by atoms with Crippen molar-refractivity contribution in [1.82, 2.24) is 0 Å². The summed E-state index contributed by atoms with van der Waals surface area (Å²) >= 11 is 0. The summed E-state index contributed by atoms with van der Waals surface area (Å²) in [6.07, 6.45) is 0. The molecular formula is H4N2O3P2+2. The molecule has 5 nitrogen and oxygen atoms in total. The van der Waals surface area contributed by atoms with E-state index in [-0.39, 0.29) is 0 Å². The quantitative estimate of drug-likeness (QED) is 0.538. The molecule has 0 amide bonds. The Kier molecular flexibility index (Phi) is 3.17. The molecule has 0 saturated carbocycles. The molecule has 0 aromatic heterocycles. The monoisotopic (exact) mass is 142 g/mol. The van der Waals surface area contributed by atoms with E-state index >= 15 is 0 Å². The highest BCUT2D eigenvalue weighted by atomic mass is 31.2. The molecule has 0 heterocycles. The van der Waals surface area contributed by atoms with Crippen LogP contribution < -0.4 is 11.0 Å². The highest BCUT2D eigenvalue weighted by Crippen LogP contribution is 2.25. The smallest absolute Gasteiger partial charge is 0.0889 e. The average Bonchev–Trinajstić information content (AvgIpc) is 1.27. The minimum absolute atomic E-state index is 2.30. The van der Waals surface area contributed by atoms with Crippen LogP contribution in [-0.2, 0) is 13.4 Å². The van der Waals surface area contributed by atoms with E-state index in [0.29, 0.717) is 0 Å². The Labute approximate surface area is 41.9 Å². The Hall–Kier alpha value is 0.0800. The fraction of sp³-hybridized carbons (Fsp3) is 0. The van der Waals surface area contributed by atoms with Gasteiger partial charge in [0.05, 0.1) is 0 Å². The molecule has 40 valence electrons. The minimum Gasteiger partial charge on any atom is -0.0889 e. The first-order chi connectivity index (χ1) is 3.13.